The molecular formula is C16H28Cl2OSi2Ti-. The normalized spacial score (nSPS) is 11.0. The molecular weight excluding hydrogens is 383 g/mol. The van der Waals surface area contributed by atoms with Crippen LogP contribution in [0.25, 0.3) is 0 Å². The standard InChI is InChI=1S/C8H13Si.C6H6O.C2H7Si.2ClH.Ti/c1-9(2,3)8-6-4-5-7-8;7-6-4-2-1-3-5-6;1-3-2;;;/h4,6H,5H2,1-3H3;1-5,7H;3H,1-2H3;2*1H;/q-1;;;;;. The van der Waals surface area contributed by atoms with Crippen LogP contribution in [0, 0.1) is 6.08 Å². The average Bonchev–Trinajstić information content (AvgIpc) is 2.85. The number of allylic oxidation sites excluding steroid dienone is 4. The Kier molecular flexibility index (Phi) is 24.1. The molecule has 0 bridgehead atoms. The van der Waals surface area contributed by atoms with Crippen molar-refractivity contribution in [2.45, 2.75) is 39.2 Å². The van der Waals surface area contributed by atoms with Gasteiger partial charge in [0, 0.05) is 39.3 Å². The number of para-hydroxylation sites is 1. The minimum Gasteiger partial charge on any atom is -0.508 e. The molecule has 0 aromatic heterocycles. The van der Waals surface area contributed by atoms with E-state index in [1.54, 1.807) is 24.3 Å². The molecule has 0 amide bonds. The molecule has 0 aliphatic heterocycles. The molecule has 1 aliphatic rings. The van der Waals surface area contributed by atoms with Crippen LogP contribution in [0.4, 0.5) is 0 Å². The molecule has 2 rings (SSSR count). The fourth-order valence-electron chi connectivity index (χ4n) is 1.35. The van der Waals surface area contributed by atoms with E-state index >= 15 is 0 Å². The third-order valence-electron chi connectivity index (χ3n) is 2.26. The summed E-state index contributed by atoms with van der Waals surface area (Å²) in [5.74, 6) is 0.322. The zero-order valence-corrected chi connectivity index (χ0v) is 19.4. The maximum Gasteiger partial charge on any atom is 0.115 e. The van der Waals surface area contributed by atoms with Crippen LogP contribution in [0.15, 0.2) is 47.7 Å². The van der Waals surface area contributed by atoms with Gasteiger partial charge in [0.2, 0.25) is 0 Å². The first-order valence-electron chi connectivity index (χ1n) is 6.67. The van der Waals surface area contributed by atoms with Crippen LogP contribution in [0.2, 0.25) is 32.7 Å². The van der Waals surface area contributed by atoms with Crippen LogP contribution in [0.5, 0.6) is 5.75 Å². The van der Waals surface area contributed by atoms with Gasteiger partial charge in [0.05, 0.1) is 0 Å². The summed E-state index contributed by atoms with van der Waals surface area (Å²) >= 11 is 0. The molecule has 0 saturated heterocycles. The summed E-state index contributed by atoms with van der Waals surface area (Å²) in [6.07, 6.45) is 8.82. The first-order valence-corrected chi connectivity index (χ1v) is 12.5. The molecule has 1 N–H and O–H groups in total. The predicted molar refractivity (Wildman–Crippen MR) is 105 cm³/mol. The van der Waals surface area contributed by atoms with E-state index in [4.69, 9.17) is 5.11 Å². The maximum absolute atomic E-state index is 8.63. The van der Waals surface area contributed by atoms with Crippen molar-refractivity contribution in [2.75, 3.05) is 0 Å². The summed E-state index contributed by atoms with van der Waals surface area (Å²) < 4.78 is 0. The quantitative estimate of drug-likeness (QED) is 0.491. The van der Waals surface area contributed by atoms with E-state index in [1.165, 1.54) is 5.20 Å². The Morgan fingerprint density at radius 3 is 1.68 bits per heavy atom. The van der Waals surface area contributed by atoms with Gasteiger partial charge in [-0.3, -0.25) is 6.08 Å². The van der Waals surface area contributed by atoms with Crippen LogP contribution in [-0.2, 0) is 21.7 Å². The van der Waals surface area contributed by atoms with Crippen molar-refractivity contribution in [2.24, 2.45) is 0 Å². The number of hydrogen-bond donors (Lipinski definition) is 1. The van der Waals surface area contributed by atoms with Crippen molar-refractivity contribution in [1.82, 2.24) is 0 Å². The second-order valence-electron chi connectivity index (χ2n) is 5.36. The van der Waals surface area contributed by atoms with E-state index in [0.29, 0.717) is 5.75 Å². The van der Waals surface area contributed by atoms with Gasteiger partial charge in [0.1, 0.15) is 5.75 Å². The van der Waals surface area contributed by atoms with Gasteiger partial charge in [-0.25, -0.2) is 11.3 Å². The van der Waals surface area contributed by atoms with Gasteiger partial charge < -0.3 is 5.11 Å². The van der Waals surface area contributed by atoms with E-state index in [2.05, 4.69) is 51.0 Å². The van der Waals surface area contributed by atoms with Gasteiger partial charge in [0.15, 0.2) is 0 Å². The fraction of sp³-hybridized carbons (Fsp3) is 0.375. The van der Waals surface area contributed by atoms with Crippen LogP contribution < -0.4 is 0 Å². The molecule has 0 spiro atoms. The molecule has 0 unspecified atom stereocenters. The second-order valence-corrected chi connectivity index (χ2v) is 11.6. The molecule has 1 aromatic carbocycles. The van der Waals surface area contributed by atoms with E-state index in [-0.39, 0.29) is 46.5 Å². The molecule has 6 heteroatoms. The van der Waals surface area contributed by atoms with Gasteiger partial charge in [0.25, 0.3) is 0 Å². The Balaban J connectivity index is -0.000000114. The largest absolute Gasteiger partial charge is 0.508 e. The summed E-state index contributed by atoms with van der Waals surface area (Å²) in [5, 5.41) is 10.1. The SMILES string of the molecule is C[SiH]C.C[Si](C)(C)C1=[C-]CC=C1.Cl.Cl.Oc1ccccc1.[Ti]. The van der Waals surface area contributed by atoms with E-state index in [1.807, 2.05) is 6.07 Å². The maximum atomic E-state index is 8.63. The Morgan fingerprint density at radius 2 is 1.50 bits per heavy atom. The zero-order chi connectivity index (χ0) is 14.7. The number of phenols is 1. The topological polar surface area (TPSA) is 20.2 Å². The fourth-order valence-corrected chi connectivity index (χ4v) is 2.60. The van der Waals surface area contributed by atoms with Crippen molar-refractivity contribution in [3.8, 4) is 5.75 Å². The molecule has 1 radical (unpaired) electrons. The molecule has 1 aliphatic carbocycles. The molecule has 0 saturated carbocycles. The molecule has 0 atom stereocenters. The number of halogens is 2. The number of aromatic hydroxyl groups is 1. The Bertz CT molecular complexity index is 404. The summed E-state index contributed by atoms with van der Waals surface area (Å²) in [7, 11) is -0.255. The number of rotatable bonds is 1. The molecule has 22 heavy (non-hydrogen) atoms. The number of hydrogen-bond acceptors (Lipinski definition) is 1. The second kappa shape index (κ2) is 17.6. The van der Waals surface area contributed by atoms with E-state index < -0.39 is 8.07 Å². The van der Waals surface area contributed by atoms with E-state index in [0.717, 1.165) is 15.9 Å². The third-order valence-corrected chi connectivity index (χ3v) is 4.22. The molecule has 1 nitrogen and oxygen atoms in total. The van der Waals surface area contributed by atoms with Gasteiger partial charge in [-0.2, -0.15) is 6.08 Å². The average molecular weight is 411 g/mol. The molecule has 125 valence electrons. The Hall–Kier alpha value is 0.228. The van der Waals surface area contributed by atoms with Crippen molar-refractivity contribution in [1.29, 1.82) is 0 Å². The smallest absolute Gasteiger partial charge is 0.115 e. The first-order chi connectivity index (χ1) is 8.91. The van der Waals surface area contributed by atoms with Crippen LogP contribution in [0.1, 0.15) is 6.42 Å². The van der Waals surface area contributed by atoms with Gasteiger partial charge in [-0.15, -0.1) is 31.2 Å². The van der Waals surface area contributed by atoms with Crippen molar-refractivity contribution in [3.63, 3.8) is 0 Å². The number of benzene rings is 1. The van der Waals surface area contributed by atoms with Crippen molar-refractivity contribution >= 4 is 42.4 Å². The first kappa shape index (κ1) is 30.1. The summed E-state index contributed by atoms with van der Waals surface area (Å²) in [6.45, 7) is 11.5. The Labute approximate surface area is 167 Å². The summed E-state index contributed by atoms with van der Waals surface area (Å²) in [5.41, 5.74) is 0. The predicted octanol–water partition coefficient (Wildman–Crippen LogP) is 5.31. The third kappa shape index (κ3) is 16.6. The Morgan fingerprint density at radius 1 is 1.05 bits per heavy atom. The molecule has 0 heterocycles. The van der Waals surface area contributed by atoms with Gasteiger partial charge in [-0.05, 0) is 12.1 Å². The molecule has 0 fully saturated rings. The monoisotopic (exact) mass is 410 g/mol. The van der Waals surface area contributed by atoms with Gasteiger partial charge >= 0.3 is 0 Å². The van der Waals surface area contributed by atoms with Crippen LogP contribution in [0.3, 0.4) is 0 Å². The van der Waals surface area contributed by atoms with E-state index in [9.17, 15) is 0 Å². The molecule has 1 aromatic rings. The zero-order valence-electron chi connectivity index (χ0n) is 14.1. The van der Waals surface area contributed by atoms with Crippen LogP contribution >= 0.6 is 24.8 Å². The minimum absolute atomic E-state index is 0. The minimum atomic E-state index is -1.01. The summed E-state index contributed by atoms with van der Waals surface area (Å²) in [6, 6.07) is 8.71. The van der Waals surface area contributed by atoms with Crippen LogP contribution in [-0.4, -0.2) is 22.7 Å². The van der Waals surface area contributed by atoms with Crippen molar-refractivity contribution < 1.29 is 26.8 Å². The van der Waals surface area contributed by atoms with Crippen molar-refractivity contribution in [3.05, 3.63) is 53.8 Å². The summed E-state index contributed by atoms with van der Waals surface area (Å²) in [4.78, 5) is 0. The van der Waals surface area contributed by atoms with Gasteiger partial charge in [-0.1, -0.05) is 50.9 Å². The number of phenolic OH excluding ortho intramolecular Hbond substituents is 1.